The molecule has 0 saturated heterocycles. The van der Waals surface area contributed by atoms with Gasteiger partial charge in [0.05, 0.1) is 25.6 Å². The Kier molecular flexibility index (Phi) is 2.88. The lowest BCUT2D eigenvalue weighted by Crippen LogP contribution is -2.01. The molecule has 0 aliphatic carbocycles. The Bertz CT molecular complexity index is 412. The second-order valence-electron chi connectivity index (χ2n) is 2.99. The summed E-state index contributed by atoms with van der Waals surface area (Å²) in [6, 6.07) is 7.54. The van der Waals surface area contributed by atoms with Gasteiger partial charge in [-0.25, -0.2) is 4.98 Å². The first kappa shape index (κ1) is 9.58. The topological polar surface area (TPSA) is 47.3 Å². The second kappa shape index (κ2) is 4.50. The van der Waals surface area contributed by atoms with Crippen molar-refractivity contribution in [2.75, 3.05) is 12.4 Å². The van der Waals surface area contributed by atoms with E-state index in [0.717, 1.165) is 11.4 Å². The summed E-state index contributed by atoms with van der Waals surface area (Å²) in [6.07, 6.45) is 3.34. The second-order valence-corrected chi connectivity index (χ2v) is 2.99. The highest BCUT2D eigenvalue weighted by molar-refractivity contribution is 5.51. The van der Waals surface area contributed by atoms with Gasteiger partial charge in [0.2, 0.25) is 5.88 Å². The Hall–Kier alpha value is -1.97. The van der Waals surface area contributed by atoms with Crippen LogP contribution in [0.2, 0.25) is 0 Å². The van der Waals surface area contributed by atoms with Crippen molar-refractivity contribution in [3.8, 4) is 5.88 Å². The molecule has 1 N–H and O–H groups in total. The Morgan fingerprint density at radius 3 is 3.07 bits per heavy atom. The van der Waals surface area contributed by atoms with E-state index in [4.69, 9.17) is 9.15 Å². The molecule has 0 aliphatic heterocycles. The predicted molar refractivity (Wildman–Crippen MR) is 56.8 cm³/mol. The van der Waals surface area contributed by atoms with Crippen LogP contribution in [0.4, 0.5) is 5.69 Å². The Morgan fingerprint density at radius 1 is 1.40 bits per heavy atom. The van der Waals surface area contributed by atoms with Gasteiger partial charge in [0, 0.05) is 6.20 Å². The zero-order chi connectivity index (χ0) is 10.5. The van der Waals surface area contributed by atoms with Crippen molar-refractivity contribution in [3.63, 3.8) is 0 Å². The van der Waals surface area contributed by atoms with Gasteiger partial charge < -0.3 is 14.5 Å². The number of hydrogen-bond acceptors (Lipinski definition) is 4. The summed E-state index contributed by atoms with van der Waals surface area (Å²) >= 11 is 0. The summed E-state index contributed by atoms with van der Waals surface area (Å²) in [5.74, 6) is 1.46. The van der Waals surface area contributed by atoms with Crippen LogP contribution in [0.3, 0.4) is 0 Å². The highest BCUT2D eigenvalue weighted by Gasteiger charge is 2.02. The maximum Gasteiger partial charge on any atom is 0.237 e. The third kappa shape index (κ3) is 2.28. The molecule has 0 amide bonds. The number of ether oxygens (including phenoxy) is 1. The molecular formula is C11H12N2O2. The monoisotopic (exact) mass is 204 g/mol. The van der Waals surface area contributed by atoms with Gasteiger partial charge in [0.25, 0.3) is 0 Å². The lowest BCUT2D eigenvalue weighted by Gasteiger charge is -2.07. The molecule has 0 spiro atoms. The number of nitrogens with one attached hydrogen (secondary N) is 1. The smallest absolute Gasteiger partial charge is 0.237 e. The van der Waals surface area contributed by atoms with Gasteiger partial charge >= 0.3 is 0 Å². The third-order valence-corrected chi connectivity index (χ3v) is 2.00. The van der Waals surface area contributed by atoms with E-state index >= 15 is 0 Å². The molecule has 0 unspecified atom stereocenters. The van der Waals surface area contributed by atoms with Crippen molar-refractivity contribution >= 4 is 5.69 Å². The number of methoxy groups -OCH3 is 1. The predicted octanol–water partition coefficient (Wildman–Crippen LogP) is 2.30. The summed E-state index contributed by atoms with van der Waals surface area (Å²) in [4.78, 5) is 4.08. The van der Waals surface area contributed by atoms with Crippen LogP contribution in [-0.4, -0.2) is 12.1 Å². The number of rotatable bonds is 4. The standard InChI is InChI=1S/C11H12N2O2/c1-14-11-10(5-2-6-12-11)13-8-9-4-3-7-15-9/h2-7,13H,8H2,1H3. The van der Waals surface area contributed by atoms with E-state index in [1.54, 1.807) is 19.6 Å². The fourth-order valence-corrected chi connectivity index (χ4v) is 1.28. The van der Waals surface area contributed by atoms with E-state index in [0.29, 0.717) is 12.4 Å². The molecule has 0 atom stereocenters. The summed E-state index contributed by atoms with van der Waals surface area (Å²) in [5.41, 5.74) is 0.858. The zero-order valence-electron chi connectivity index (χ0n) is 8.43. The molecular weight excluding hydrogens is 192 g/mol. The number of nitrogens with zero attached hydrogens (tertiary/aromatic N) is 1. The van der Waals surface area contributed by atoms with E-state index in [-0.39, 0.29) is 0 Å². The molecule has 15 heavy (non-hydrogen) atoms. The van der Waals surface area contributed by atoms with Crippen LogP contribution in [-0.2, 0) is 6.54 Å². The van der Waals surface area contributed by atoms with Crippen LogP contribution >= 0.6 is 0 Å². The molecule has 2 rings (SSSR count). The fourth-order valence-electron chi connectivity index (χ4n) is 1.28. The molecule has 4 heteroatoms. The zero-order valence-corrected chi connectivity index (χ0v) is 8.43. The van der Waals surface area contributed by atoms with E-state index in [2.05, 4.69) is 10.3 Å². The van der Waals surface area contributed by atoms with Crippen molar-refractivity contribution in [3.05, 3.63) is 42.5 Å². The van der Waals surface area contributed by atoms with Crippen molar-refractivity contribution in [1.82, 2.24) is 4.98 Å². The molecule has 0 saturated carbocycles. The van der Waals surface area contributed by atoms with Gasteiger partial charge in [-0.05, 0) is 24.3 Å². The van der Waals surface area contributed by atoms with Crippen LogP contribution in [0.5, 0.6) is 5.88 Å². The highest BCUT2D eigenvalue weighted by Crippen LogP contribution is 2.20. The first-order valence-corrected chi connectivity index (χ1v) is 4.65. The Balaban J connectivity index is 2.04. The normalized spacial score (nSPS) is 9.93. The van der Waals surface area contributed by atoms with E-state index in [1.165, 1.54) is 0 Å². The Labute approximate surface area is 87.9 Å². The molecule has 0 aromatic carbocycles. The van der Waals surface area contributed by atoms with Gasteiger partial charge in [-0.15, -0.1) is 0 Å². The number of hydrogen-bond donors (Lipinski definition) is 1. The quantitative estimate of drug-likeness (QED) is 0.830. The van der Waals surface area contributed by atoms with Crippen molar-refractivity contribution in [2.45, 2.75) is 6.54 Å². The van der Waals surface area contributed by atoms with E-state index in [1.807, 2.05) is 24.3 Å². The number of aromatic nitrogens is 1. The molecule has 0 fully saturated rings. The third-order valence-electron chi connectivity index (χ3n) is 2.00. The summed E-state index contributed by atoms with van der Waals surface area (Å²) in [7, 11) is 1.60. The van der Waals surface area contributed by atoms with E-state index in [9.17, 15) is 0 Å². The maximum atomic E-state index is 5.21. The minimum absolute atomic E-state index is 0.587. The van der Waals surface area contributed by atoms with Crippen LogP contribution in [0, 0.1) is 0 Å². The maximum absolute atomic E-state index is 5.21. The van der Waals surface area contributed by atoms with Crippen LogP contribution in [0.1, 0.15) is 5.76 Å². The minimum Gasteiger partial charge on any atom is -0.480 e. The first-order chi connectivity index (χ1) is 7.40. The fraction of sp³-hybridized carbons (Fsp3) is 0.182. The van der Waals surface area contributed by atoms with Crippen LogP contribution in [0.15, 0.2) is 41.1 Å². The molecule has 2 heterocycles. The minimum atomic E-state index is 0.587. The van der Waals surface area contributed by atoms with Gasteiger partial charge in [-0.1, -0.05) is 0 Å². The van der Waals surface area contributed by atoms with Crippen LogP contribution in [0.25, 0.3) is 0 Å². The lowest BCUT2D eigenvalue weighted by atomic mass is 10.3. The SMILES string of the molecule is COc1ncccc1NCc1ccco1. The molecule has 78 valence electrons. The van der Waals surface area contributed by atoms with Gasteiger partial charge in [-0.3, -0.25) is 0 Å². The summed E-state index contributed by atoms with van der Waals surface area (Å²) in [6.45, 7) is 0.620. The molecule has 0 bridgehead atoms. The largest absolute Gasteiger partial charge is 0.480 e. The highest BCUT2D eigenvalue weighted by atomic mass is 16.5. The van der Waals surface area contributed by atoms with Crippen molar-refractivity contribution < 1.29 is 9.15 Å². The number of furan rings is 1. The Morgan fingerprint density at radius 2 is 2.33 bits per heavy atom. The van der Waals surface area contributed by atoms with Crippen molar-refractivity contribution in [2.24, 2.45) is 0 Å². The average Bonchev–Trinajstić information content (AvgIpc) is 2.79. The first-order valence-electron chi connectivity index (χ1n) is 4.65. The molecule has 2 aromatic heterocycles. The molecule has 2 aromatic rings. The van der Waals surface area contributed by atoms with Crippen LogP contribution < -0.4 is 10.1 Å². The lowest BCUT2D eigenvalue weighted by molar-refractivity contribution is 0.399. The van der Waals surface area contributed by atoms with Gasteiger partial charge in [-0.2, -0.15) is 0 Å². The summed E-state index contributed by atoms with van der Waals surface area (Å²) < 4.78 is 10.3. The molecule has 0 radical (unpaired) electrons. The molecule has 4 nitrogen and oxygen atoms in total. The van der Waals surface area contributed by atoms with Crippen molar-refractivity contribution in [1.29, 1.82) is 0 Å². The number of anilines is 1. The number of pyridine rings is 1. The van der Waals surface area contributed by atoms with E-state index < -0.39 is 0 Å². The van der Waals surface area contributed by atoms with Gasteiger partial charge in [0.15, 0.2) is 0 Å². The summed E-state index contributed by atoms with van der Waals surface area (Å²) in [5, 5.41) is 3.19. The van der Waals surface area contributed by atoms with Gasteiger partial charge in [0.1, 0.15) is 5.76 Å². The average molecular weight is 204 g/mol. The molecule has 0 aliphatic rings.